The molecular weight excluding hydrogens is 653 g/mol. The van der Waals surface area contributed by atoms with Gasteiger partial charge < -0.3 is 23.7 Å². The highest BCUT2D eigenvalue weighted by Gasteiger charge is 2.23. The second-order valence-corrected chi connectivity index (χ2v) is 13.0. The first kappa shape index (κ1) is 30.6. The van der Waals surface area contributed by atoms with E-state index in [1.807, 2.05) is 54.6 Å². The van der Waals surface area contributed by atoms with Crippen LogP contribution in [-0.4, -0.2) is 0 Å². The fraction of sp³-hybridized carbons (Fsp3) is 0. The summed E-state index contributed by atoms with van der Waals surface area (Å²) < 4.78 is 19.2. The summed E-state index contributed by atoms with van der Waals surface area (Å²) in [6.45, 7) is 0. The second kappa shape index (κ2) is 12.8. The molecule has 8 aromatic carbocycles. The van der Waals surface area contributed by atoms with Gasteiger partial charge >= 0.3 is 0 Å². The number of hydrogen-bond donors (Lipinski definition) is 0. The standard InChI is InChI=1S/C48H32N2O3/c1-4-13-33(14-5-1)34-15-12-20-37(29-34)50(40-25-28-46-48(32-40)53-45-22-11-10-21-44(45)52-46)39-23-26-41-42-30-38(24-27-43(42)51-47(41)31-39)49(35-16-6-2-7-17-35)36-18-8-3-9-19-36/h1-32H. The molecule has 1 aliphatic heterocycles. The summed E-state index contributed by atoms with van der Waals surface area (Å²) in [5.74, 6) is 2.73. The summed E-state index contributed by atoms with van der Waals surface area (Å²) in [6.07, 6.45) is 0. The van der Waals surface area contributed by atoms with Crippen LogP contribution in [0, 0.1) is 0 Å². The minimum Gasteiger partial charge on any atom is -0.456 e. The minimum absolute atomic E-state index is 0.657. The third kappa shape index (κ3) is 5.61. The first-order valence-corrected chi connectivity index (χ1v) is 17.7. The summed E-state index contributed by atoms with van der Waals surface area (Å²) in [4.78, 5) is 4.51. The number of ether oxygens (including phenoxy) is 2. The molecule has 0 amide bonds. The average Bonchev–Trinajstić information content (AvgIpc) is 3.59. The summed E-state index contributed by atoms with van der Waals surface area (Å²) in [6, 6.07) is 66.6. The molecule has 53 heavy (non-hydrogen) atoms. The van der Waals surface area contributed by atoms with Gasteiger partial charge in [0.2, 0.25) is 0 Å². The Morgan fingerprint density at radius 1 is 0.283 bits per heavy atom. The zero-order valence-electron chi connectivity index (χ0n) is 28.6. The first-order chi connectivity index (χ1) is 26.2. The fourth-order valence-corrected chi connectivity index (χ4v) is 7.19. The molecule has 0 spiro atoms. The molecule has 0 radical (unpaired) electrons. The SMILES string of the molecule is c1ccc(-c2cccc(N(c3ccc4c(c3)Oc3ccccc3O4)c3ccc4c(c3)oc3ccc(N(c5ccccc5)c5ccccc5)cc34)c2)cc1. The highest BCUT2D eigenvalue weighted by Crippen LogP contribution is 2.49. The van der Waals surface area contributed by atoms with Crippen molar-refractivity contribution in [1.29, 1.82) is 0 Å². The molecule has 5 heteroatoms. The Kier molecular flexibility index (Phi) is 7.40. The Morgan fingerprint density at radius 3 is 1.53 bits per heavy atom. The lowest BCUT2D eigenvalue weighted by Gasteiger charge is -2.28. The van der Waals surface area contributed by atoms with Crippen molar-refractivity contribution < 1.29 is 13.9 Å². The van der Waals surface area contributed by atoms with Crippen LogP contribution in [0.3, 0.4) is 0 Å². The summed E-state index contributed by atoms with van der Waals surface area (Å²) in [7, 11) is 0. The van der Waals surface area contributed by atoms with E-state index in [9.17, 15) is 0 Å². The number of benzene rings is 8. The van der Waals surface area contributed by atoms with Crippen LogP contribution in [0.25, 0.3) is 33.1 Å². The predicted molar refractivity (Wildman–Crippen MR) is 215 cm³/mol. The van der Waals surface area contributed by atoms with Crippen molar-refractivity contribution in [2.45, 2.75) is 0 Å². The number of para-hydroxylation sites is 4. The average molecular weight is 685 g/mol. The van der Waals surface area contributed by atoms with Crippen molar-refractivity contribution >= 4 is 56.1 Å². The normalized spacial score (nSPS) is 11.7. The molecule has 0 fully saturated rings. The highest BCUT2D eigenvalue weighted by atomic mass is 16.6. The third-order valence-corrected chi connectivity index (χ3v) is 9.67. The van der Waals surface area contributed by atoms with E-state index in [2.05, 4.69) is 149 Å². The van der Waals surface area contributed by atoms with Gasteiger partial charge in [-0.15, -0.1) is 0 Å². The summed E-state index contributed by atoms with van der Waals surface area (Å²) in [5.41, 5.74) is 10.0. The molecule has 10 rings (SSSR count). The van der Waals surface area contributed by atoms with Gasteiger partial charge in [0, 0.05) is 51.3 Å². The lowest BCUT2D eigenvalue weighted by molar-refractivity contribution is 0.360. The quantitative estimate of drug-likeness (QED) is 0.167. The topological polar surface area (TPSA) is 38.1 Å². The van der Waals surface area contributed by atoms with Crippen molar-refractivity contribution in [3.05, 3.63) is 194 Å². The summed E-state index contributed by atoms with van der Waals surface area (Å²) in [5, 5.41) is 2.10. The van der Waals surface area contributed by atoms with Gasteiger partial charge in [-0.1, -0.05) is 91.0 Å². The predicted octanol–water partition coefficient (Wildman–Crippen LogP) is 14.1. The van der Waals surface area contributed by atoms with Crippen molar-refractivity contribution in [3.63, 3.8) is 0 Å². The number of hydrogen-bond acceptors (Lipinski definition) is 5. The van der Waals surface area contributed by atoms with E-state index in [0.717, 1.165) is 67.2 Å². The van der Waals surface area contributed by atoms with Crippen LogP contribution in [0.15, 0.2) is 199 Å². The third-order valence-electron chi connectivity index (χ3n) is 9.67. The number of fused-ring (bicyclic) bond motifs is 5. The smallest absolute Gasteiger partial charge is 0.172 e. The molecule has 0 saturated carbocycles. The molecule has 0 bridgehead atoms. The Labute approximate surface area is 307 Å². The lowest BCUT2D eigenvalue weighted by Crippen LogP contribution is -2.10. The van der Waals surface area contributed by atoms with Gasteiger partial charge in [0.05, 0.1) is 5.69 Å². The van der Waals surface area contributed by atoms with Crippen LogP contribution in [0.1, 0.15) is 0 Å². The molecule has 0 atom stereocenters. The van der Waals surface area contributed by atoms with Crippen LogP contribution < -0.4 is 19.3 Å². The monoisotopic (exact) mass is 684 g/mol. The zero-order chi connectivity index (χ0) is 35.1. The van der Waals surface area contributed by atoms with Crippen LogP contribution in [0.2, 0.25) is 0 Å². The molecular formula is C48H32N2O3. The van der Waals surface area contributed by atoms with Crippen LogP contribution in [0.4, 0.5) is 34.1 Å². The van der Waals surface area contributed by atoms with E-state index in [-0.39, 0.29) is 0 Å². The van der Waals surface area contributed by atoms with E-state index >= 15 is 0 Å². The van der Waals surface area contributed by atoms with Gasteiger partial charge in [-0.3, -0.25) is 0 Å². The molecule has 9 aromatic rings. The van der Waals surface area contributed by atoms with Crippen LogP contribution in [0.5, 0.6) is 23.0 Å². The maximum atomic E-state index is 6.59. The van der Waals surface area contributed by atoms with Crippen molar-refractivity contribution in [2.24, 2.45) is 0 Å². The largest absolute Gasteiger partial charge is 0.456 e. The number of rotatable bonds is 7. The van der Waals surface area contributed by atoms with E-state index in [4.69, 9.17) is 13.9 Å². The Balaban J connectivity index is 1.10. The van der Waals surface area contributed by atoms with E-state index < -0.39 is 0 Å². The molecule has 0 N–H and O–H groups in total. The van der Waals surface area contributed by atoms with Crippen molar-refractivity contribution in [3.8, 4) is 34.1 Å². The van der Waals surface area contributed by atoms with Gasteiger partial charge in [0.1, 0.15) is 11.2 Å². The van der Waals surface area contributed by atoms with Gasteiger partial charge in [0.15, 0.2) is 23.0 Å². The lowest BCUT2D eigenvalue weighted by atomic mass is 10.0. The Hall–Kier alpha value is -7.24. The van der Waals surface area contributed by atoms with Crippen molar-refractivity contribution in [2.75, 3.05) is 9.80 Å². The number of anilines is 6. The van der Waals surface area contributed by atoms with Gasteiger partial charge in [-0.25, -0.2) is 0 Å². The van der Waals surface area contributed by atoms with Gasteiger partial charge in [-0.2, -0.15) is 0 Å². The Morgan fingerprint density at radius 2 is 0.792 bits per heavy atom. The van der Waals surface area contributed by atoms with Crippen LogP contribution >= 0.6 is 0 Å². The number of furan rings is 1. The second-order valence-electron chi connectivity index (χ2n) is 13.0. The molecule has 1 aromatic heterocycles. The summed E-state index contributed by atoms with van der Waals surface area (Å²) >= 11 is 0. The maximum Gasteiger partial charge on any atom is 0.172 e. The maximum absolute atomic E-state index is 6.59. The molecule has 5 nitrogen and oxygen atoms in total. The van der Waals surface area contributed by atoms with E-state index in [1.165, 1.54) is 0 Å². The van der Waals surface area contributed by atoms with Crippen LogP contribution in [-0.2, 0) is 0 Å². The molecule has 0 saturated heterocycles. The molecule has 2 heterocycles. The van der Waals surface area contributed by atoms with Gasteiger partial charge in [0.25, 0.3) is 0 Å². The minimum atomic E-state index is 0.657. The van der Waals surface area contributed by atoms with Gasteiger partial charge in [-0.05, 0) is 102 Å². The van der Waals surface area contributed by atoms with E-state index in [0.29, 0.717) is 23.0 Å². The number of nitrogens with zero attached hydrogens (tertiary/aromatic N) is 2. The van der Waals surface area contributed by atoms with Crippen molar-refractivity contribution in [1.82, 2.24) is 0 Å². The Bertz CT molecular complexity index is 2700. The molecule has 0 aliphatic carbocycles. The fourth-order valence-electron chi connectivity index (χ4n) is 7.19. The molecule has 252 valence electrons. The molecule has 0 unspecified atom stereocenters. The molecule has 1 aliphatic rings. The first-order valence-electron chi connectivity index (χ1n) is 17.7. The van der Waals surface area contributed by atoms with E-state index in [1.54, 1.807) is 0 Å². The highest BCUT2D eigenvalue weighted by molar-refractivity contribution is 6.07. The zero-order valence-corrected chi connectivity index (χ0v) is 28.6.